The maximum atomic E-state index is 11.3. The van der Waals surface area contributed by atoms with Gasteiger partial charge in [0.1, 0.15) is 51.4 Å². The number of carboxylic acid groups (broad SMARTS) is 2. The summed E-state index contributed by atoms with van der Waals surface area (Å²) in [4.78, 5) is 93.9. The van der Waals surface area contributed by atoms with Crippen LogP contribution in [0, 0.1) is 0 Å². The highest BCUT2D eigenvalue weighted by Gasteiger charge is 2.24. The number of pyridine rings is 5. The molecule has 0 saturated carbocycles. The largest absolute Gasteiger partial charge is 0.526 e. The summed E-state index contributed by atoms with van der Waals surface area (Å²) in [6.07, 6.45) is 7.72. The Bertz CT molecular complexity index is 3710. The molecule has 0 aliphatic carbocycles. The summed E-state index contributed by atoms with van der Waals surface area (Å²) in [5.41, 5.74) is 2.98. The molecule has 0 bridgehead atoms. The van der Waals surface area contributed by atoms with Gasteiger partial charge in [0.15, 0.2) is 35.6 Å². The summed E-state index contributed by atoms with van der Waals surface area (Å²) >= 11 is 6.34. The molecule has 9 aromatic rings. The van der Waals surface area contributed by atoms with Crippen LogP contribution in [0.25, 0.3) is 34.0 Å². The first kappa shape index (κ1) is 72.0. The van der Waals surface area contributed by atoms with Crippen LogP contribution in [0.1, 0.15) is 97.7 Å². The maximum Gasteiger partial charge on any atom is 0.526 e. The molecule has 11 heterocycles. The van der Waals surface area contributed by atoms with Gasteiger partial charge in [-0.05, 0) is 141 Å². The Labute approximate surface area is 532 Å². The van der Waals surface area contributed by atoms with Crippen molar-refractivity contribution in [1.82, 2.24) is 24.9 Å². The van der Waals surface area contributed by atoms with E-state index in [9.17, 15) is 33.6 Å². The molecule has 2 saturated heterocycles. The number of aliphatic hydroxyl groups is 2. The van der Waals surface area contributed by atoms with E-state index in [4.69, 9.17) is 62.7 Å². The van der Waals surface area contributed by atoms with Crippen molar-refractivity contribution in [2.24, 2.45) is 0 Å². The molecule has 2 fully saturated rings. The molecule has 0 spiro atoms. The van der Waals surface area contributed by atoms with Crippen LogP contribution in [0.4, 0.5) is 0 Å². The molecule has 2 aliphatic heterocycles. The molecule has 0 aromatic carbocycles. The number of carbonyl (C=O) groups is 7. The zero-order chi connectivity index (χ0) is 66.2. The summed E-state index contributed by atoms with van der Waals surface area (Å²) in [6.45, 7) is 1.98. The molecular formula is C59H54BBr2N5O24. The number of furan rings is 4. The zero-order valence-electron chi connectivity index (χ0n) is 47.9. The van der Waals surface area contributed by atoms with E-state index >= 15 is 0 Å². The van der Waals surface area contributed by atoms with Gasteiger partial charge in [0.05, 0.1) is 61.0 Å². The molecular weight excluding hydrogens is 1330 g/mol. The number of aromatic carboxylic acids is 2. The first-order chi connectivity index (χ1) is 43.8. The number of carboxylic acids is 2. The standard InChI is InChI=1S/C14H13NO5.C13H11NO5.C12H9NO4.C7H6BrNO2.C6H4BrNO2.C5H5BO4.C2H6O2/c1-17-13(16)10-3-2-9(8-15-10)11-4-5-12(20-11)14-18-6-7-19-14;15-12(16)9-2-1-8(7-14-9)10-3-4-11(19-10)13-17-5-6-18-13;1-16-12(15)10-4-2-8(6-13-10)11-5-3-9(7-14)17-11;1-11-7(10)6-3-2-5(8)4-9-6;7-4-1-2-5(6(9)10)8-3-4;7-3-4-1-2-5(10-4)6(8)9;3-1-2-4/h2-5,8,14H,6-7H2,1H3;1-4,7,13H,5-6H2,(H,15,16);2-7H,1H3;2-4H,1H3;1-3H,(H,9,10);1-3,8-9H;3-4H,1-2H2. The quantitative estimate of drug-likeness (QED) is 0.0273. The first-order valence-electron chi connectivity index (χ1n) is 26.0. The highest BCUT2D eigenvalue weighted by atomic mass is 79.9. The zero-order valence-corrected chi connectivity index (χ0v) is 51.1. The monoisotopic (exact) mass is 1390 g/mol. The minimum Gasteiger partial charge on any atom is -0.477 e. The number of halogens is 2. The van der Waals surface area contributed by atoms with Crippen molar-refractivity contribution in [3.63, 3.8) is 0 Å². The third-order valence-electron chi connectivity index (χ3n) is 11.0. The van der Waals surface area contributed by atoms with Crippen LogP contribution in [0.2, 0.25) is 0 Å². The van der Waals surface area contributed by atoms with Gasteiger partial charge >= 0.3 is 37.0 Å². The number of aliphatic hydroxyl groups excluding tert-OH is 2. The van der Waals surface area contributed by atoms with Gasteiger partial charge in [-0.25, -0.2) is 48.9 Å². The lowest BCUT2D eigenvalue weighted by atomic mass is 9.88. The molecule has 11 rings (SSSR count). The fourth-order valence-electron chi connectivity index (χ4n) is 6.76. The van der Waals surface area contributed by atoms with E-state index in [0.29, 0.717) is 84.6 Å². The minimum absolute atomic E-state index is 0.00186. The molecule has 0 radical (unpaired) electrons. The SMILES string of the molecule is COC(=O)c1ccc(-c2ccc(C3OCCO3)o2)cn1.COC(=O)c1ccc(-c2ccc(C=O)o2)cn1.COC(=O)c1ccc(Br)cn1.O=C(O)c1ccc(-c2ccc(C3OCCO3)o2)cn1.O=C(O)c1ccc(Br)cn1.O=Cc1ccc(B(O)O)o1.OCCO. The second kappa shape index (κ2) is 38.0. The second-order valence-electron chi connectivity index (χ2n) is 17.2. The van der Waals surface area contributed by atoms with Gasteiger partial charge < -0.3 is 81.3 Å². The fraction of sp³-hybridized carbons (Fsp3) is 0.186. The number of methoxy groups -OCH3 is 3. The van der Waals surface area contributed by atoms with Gasteiger partial charge in [0.25, 0.3) is 0 Å². The molecule has 2 aliphatic rings. The predicted octanol–water partition coefficient (Wildman–Crippen LogP) is 7.12. The Morgan fingerprint density at radius 1 is 0.462 bits per heavy atom. The molecule has 0 atom stereocenters. The Morgan fingerprint density at radius 2 is 0.791 bits per heavy atom. The summed E-state index contributed by atoms with van der Waals surface area (Å²) in [5.74, 6) is -0.138. The van der Waals surface area contributed by atoms with Gasteiger partial charge in [-0.15, -0.1) is 0 Å². The lowest BCUT2D eigenvalue weighted by molar-refractivity contribution is -0.0586. The fourth-order valence-corrected chi connectivity index (χ4v) is 7.23. The Hall–Kier alpha value is -9.74. The Morgan fingerprint density at radius 3 is 1.08 bits per heavy atom. The Kier molecular flexibility index (Phi) is 30.0. The van der Waals surface area contributed by atoms with Crippen LogP contribution >= 0.6 is 31.9 Å². The summed E-state index contributed by atoms with van der Waals surface area (Å²) in [5, 5.41) is 49.4. The van der Waals surface area contributed by atoms with Gasteiger partial charge in [-0.1, -0.05) is 0 Å². The van der Waals surface area contributed by atoms with Gasteiger partial charge in [-0.2, -0.15) is 0 Å². The molecule has 0 amide bonds. The number of hydrogen-bond acceptors (Lipinski definition) is 27. The molecule has 6 N–H and O–H groups in total. The van der Waals surface area contributed by atoms with E-state index < -0.39 is 49.5 Å². The number of hydrogen-bond donors (Lipinski definition) is 6. The average molecular weight is 1390 g/mol. The van der Waals surface area contributed by atoms with Crippen LogP contribution in [0.3, 0.4) is 0 Å². The Balaban J connectivity index is 0.000000200. The van der Waals surface area contributed by atoms with Crippen LogP contribution < -0.4 is 5.66 Å². The van der Waals surface area contributed by atoms with Gasteiger partial charge in [0, 0.05) is 56.6 Å². The number of ether oxygens (including phenoxy) is 7. The van der Waals surface area contributed by atoms with E-state index in [0.717, 1.165) is 14.5 Å². The van der Waals surface area contributed by atoms with E-state index in [1.165, 1.54) is 70.3 Å². The van der Waals surface area contributed by atoms with Crippen LogP contribution in [-0.2, 0) is 33.2 Å². The molecule has 0 unspecified atom stereocenters. The highest BCUT2D eigenvalue weighted by molar-refractivity contribution is 9.10. The molecule has 29 nitrogen and oxygen atoms in total. The topological polar surface area (TPSA) is 422 Å². The third kappa shape index (κ3) is 23.3. The summed E-state index contributed by atoms with van der Waals surface area (Å²) in [6, 6.07) is 29.1. The van der Waals surface area contributed by atoms with E-state index in [-0.39, 0.29) is 53.2 Å². The normalized spacial score (nSPS) is 12.1. The molecule has 91 heavy (non-hydrogen) atoms. The van der Waals surface area contributed by atoms with Crippen molar-refractivity contribution in [3.05, 3.63) is 201 Å². The third-order valence-corrected chi connectivity index (χ3v) is 12.0. The van der Waals surface area contributed by atoms with Crippen molar-refractivity contribution in [2.75, 3.05) is 61.0 Å². The lowest BCUT2D eigenvalue weighted by Gasteiger charge is -2.04. The van der Waals surface area contributed by atoms with Crippen LogP contribution in [-0.4, -0.2) is 166 Å². The van der Waals surface area contributed by atoms with E-state index in [1.54, 1.807) is 85.2 Å². The van der Waals surface area contributed by atoms with E-state index in [1.807, 2.05) is 6.07 Å². The lowest BCUT2D eigenvalue weighted by Crippen LogP contribution is -2.27. The van der Waals surface area contributed by atoms with Crippen LogP contribution in [0.5, 0.6) is 0 Å². The van der Waals surface area contributed by atoms with Crippen molar-refractivity contribution < 1.29 is 115 Å². The van der Waals surface area contributed by atoms with E-state index in [2.05, 4.69) is 75.4 Å². The molecule has 476 valence electrons. The average Bonchev–Trinajstić information content (AvgIpc) is 2.20. The summed E-state index contributed by atoms with van der Waals surface area (Å²) < 4.78 is 57.7. The van der Waals surface area contributed by atoms with Crippen LogP contribution in [0.15, 0.2) is 167 Å². The van der Waals surface area contributed by atoms with Crippen molar-refractivity contribution in [2.45, 2.75) is 12.6 Å². The van der Waals surface area contributed by atoms with Gasteiger partial charge in [0.2, 0.25) is 12.6 Å². The minimum atomic E-state index is -1.64. The van der Waals surface area contributed by atoms with Crippen molar-refractivity contribution >= 4 is 87.1 Å². The van der Waals surface area contributed by atoms with Crippen molar-refractivity contribution in [3.8, 4) is 34.0 Å². The number of esters is 3. The first-order valence-corrected chi connectivity index (χ1v) is 27.6. The number of aldehydes is 2. The smallest absolute Gasteiger partial charge is 0.477 e. The van der Waals surface area contributed by atoms with Crippen molar-refractivity contribution in [1.29, 1.82) is 0 Å². The number of aromatic nitrogens is 5. The summed E-state index contributed by atoms with van der Waals surface area (Å²) in [7, 11) is 2.29. The number of nitrogens with zero attached hydrogens (tertiary/aromatic N) is 5. The second-order valence-corrected chi connectivity index (χ2v) is 19.0. The molecule has 9 aromatic heterocycles. The number of rotatable bonds is 14. The van der Waals surface area contributed by atoms with Gasteiger partial charge in [-0.3, -0.25) is 9.59 Å². The maximum absolute atomic E-state index is 11.3. The predicted molar refractivity (Wildman–Crippen MR) is 320 cm³/mol. The number of carbonyl (C=O) groups excluding carboxylic acids is 5. The highest BCUT2D eigenvalue weighted by Crippen LogP contribution is 2.31. The molecule has 32 heteroatoms.